The number of nitro groups is 1. The number of hydrogen-bond donors (Lipinski definition) is 1. The first-order valence-electron chi connectivity index (χ1n) is 10.1. The van der Waals surface area contributed by atoms with Crippen LogP contribution in [0.15, 0.2) is 35.1 Å². The highest BCUT2D eigenvalue weighted by Crippen LogP contribution is 2.34. The van der Waals surface area contributed by atoms with Crippen LogP contribution in [0.3, 0.4) is 0 Å². The van der Waals surface area contributed by atoms with E-state index >= 15 is 0 Å². The maximum atomic E-state index is 12.6. The number of rotatable bonds is 7. The second-order valence-electron chi connectivity index (χ2n) is 7.42. The number of fused-ring (bicyclic) bond motifs is 2. The summed E-state index contributed by atoms with van der Waals surface area (Å²) in [6.07, 6.45) is 1.85. The molecule has 1 amide bonds. The number of nitro benzene ring substituents is 1. The minimum Gasteiger partial charge on any atom is -0.493 e. The van der Waals surface area contributed by atoms with Crippen molar-refractivity contribution >= 4 is 22.5 Å². The van der Waals surface area contributed by atoms with Crippen LogP contribution in [0.4, 0.5) is 5.69 Å². The second-order valence-corrected chi connectivity index (χ2v) is 7.42. The topological polar surface area (TPSA) is 126 Å². The van der Waals surface area contributed by atoms with E-state index in [1.165, 1.54) is 26.4 Å². The number of aromatic nitrogens is 2. The molecule has 0 spiro atoms. The quantitative estimate of drug-likeness (QED) is 0.443. The number of amides is 1. The Morgan fingerprint density at radius 2 is 1.97 bits per heavy atom. The zero-order valence-corrected chi connectivity index (χ0v) is 17.7. The Morgan fingerprint density at radius 3 is 2.69 bits per heavy atom. The van der Waals surface area contributed by atoms with E-state index in [1.807, 2.05) is 0 Å². The van der Waals surface area contributed by atoms with Gasteiger partial charge < -0.3 is 14.8 Å². The second kappa shape index (κ2) is 8.66. The van der Waals surface area contributed by atoms with Crippen LogP contribution in [0.5, 0.6) is 11.5 Å². The predicted octanol–water partition coefficient (Wildman–Crippen LogP) is 2.24. The average molecular weight is 438 g/mol. The van der Waals surface area contributed by atoms with Gasteiger partial charge in [0.2, 0.25) is 0 Å². The van der Waals surface area contributed by atoms with Gasteiger partial charge in [0.25, 0.3) is 17.2 Å². The Balaban J connectivity index is 1.51. The number of hydrogen-bond acceptors (Lipinski definition) is 7. The van der Waals surface area contributed by atoms with Crippen LogP contribution >= 0.6 is 0 Å². The summed E-state index contributed by atoms with van der Waals surface area (Å²) in [6, 6.07) is 7.65. The number of carbonyl (C=O) groups excluding carboxylic acids is 1. The normalized spacial score (nSPS) is 12.4. The molecule has 32 heavy (non-hydrogen) atoms. The monoisotopic (exact) mass is 438 g/mol. The van der Waals surface area contributed by atoms with Gasteiger partial charge in [0.1, 0.15) is 5.82 Å². The zero-order chi connectivity index (χ0) is 22.8. The summed E-state index contributed by atoms with van der Waals surface area (Å²) in [4.78, 5) is 40.7. The fraction of sp³-hybridized carbons (Fsp3) is 0.318. The number of benzene rings is 2. The molecule has 0 aliphatic carbocycles. The molecule has 2 aromatic carbocycles. The van der Waals surface area contributed by atoms with E-state index in [1.54, 1.807) is 22.8 Å². The molecule has 166 valence electrons. The van der Waals surface area contributed by atoms with Crippen LogP contribution in [0, 0.1) is 10.1 Å². The van der Waals surface area contributed by atoms with Crippen molar-refractivity contribution in [2.24, 2.45) is 0 Å². The van der Waals surface area contributed by atoms with Gasteiger partial charge in [-0.05, 0) is 37.1 Å². The lowest BCUT2D eigenvalue weighted by Gasteiger charge is -2.11. The van der Waals surface area contributed by atoms with Gasteiger partial charge in [-0.2, -0.15) is 0 Å². The van der Waals surface area contributed by atoms with Crippen LogP contribution in [0.2, 0.25) is 0 Å². The molecule has 1 aliphatic rings. The molecule has 4 rings (SSSR count). The molecule has 10 heteroatoms. The van der Waals surface area contributed by atoms with Crippen LogP contribution in [-0.2, 0) is 19.4 Å². The van der Waals surface area contributed by atoms with E-state index in [0.29, 0.717) is 34.3 Å². The molecule has 0 unspecified atom stereocenters. The minimum atomic E-state index is -0.495. The van der Waals surface area contributed by atoms with Gasteiger partial charge in [0.05, 0.1) is 36.1 Å². The summed E-state index contributed by atoms with van der Waals surface area (Å²) >= 11 is 0. The molecule has 0 radical (unpaired) electrons. The van der Waals surface area contributed by atoms with E-state index in [2.05, 4.69) is 10.3 Å². The van der Waals surface area contributed by atoms with Gasteiger partial charge in [-0.25, -0.2) is 4.98 Å². The molecule has 2 heterocycles. The highest BCUT2D eigenvalue weighted by atomic mass is 16.6. The number of carbonyl (C=O) groups is 1. The van der Waals surface area contributed by atoms with E-state index in [9.17, 15) is 19.7 Å². The third-order valence-corrected chi connectivity index (χ3v) is 5.54. The molecule has 1 N–H and O–H groups in total. The lowest BCUT2D eigenvalue weighted by Crippen LogP contribution is -2.26. The number of ether oxygens (including phenoxy) is 2. The number of nitrogens with one attached hydrogen (secondary N) is 1. The summed E-state index contributed by atoms with van der Waals surface area (Å²) in [5.41, 5.74) is 1.08. The van der Waals surface area contributed by atoms with Gasteiger partial charge in [-0.1, -0.05) is 0 Å². The maximum Gasteiger partial charge on any atom is 0.276 e. The maximum absolute atomic E-state index is 12.6. The lowest BCUT2D eigenvalue weighted by atomic mass is 10.1. The van der Waals surface area contributed by atoms with Crippen LogP contribution in [0.25, 0.3) is 10.9 Å². The average Bonchev–Trinajstić information content (AvgIpc) is 3.27. The first-order valence-corrected chi connectivity index (χ1v) is 10.1. The smallest absolute Gasteiger partial charge is 0.276 e. The molecule has 1 aliphatic heterocycles. The van der Waals surface area contributed by atoms with Crippen molar-refractivity contribution in [2.75, 3.05) is 20.8 Å². The standard InChI is InChI=1S/C22H22N4O6/c1-31-18-11-13(17(26(29)30)12-19(18)32-2)7-8-23-21(27)14-5-6-15-16(10-14)24-20-4-3-9-25(20)22(15)28/h5-6,10-12H,3-4,7-9H2,1-2H3,(H,23,27). The molecule has 0 atom stereocenters. The third-order valence-electron chi connectivity index (χ3n) is 5.54. The molecule has 3 aromatic rings. The minimum absolute atomic E-state index is 0.0878. The highest BCUT2D eigenvalue weighted by Gasteiger charge is 2.20. The molecule has 0 saturated heterocycles. The van der Waals surface area contributed by atoms with Gasteiger partial charge >= 0.3 is 0 Å². The van der Waals surface area contributed by atoms with Crippen molar-refractivity contribution < 1.29 is 19.2 Å². The van der Waals surface area contributed by atoms with Gasteiger partial charge in [-0.15, -0.1) is 0 Å². The highest BCUT2D eigenvalue weighted by molar-refractivity contribution is 5.97. The Hall–Kier alpha value is -3.95. The van der Waals surface area contributed by atoms with Gasteiger partial charge in [0.15, 0.2) is 11.5 Å². The van der Waals surface area contributed by atoms with Crippen molar-refractivity contribution in [2.45, 2.75) is 25.8 Å². The Kier molecular flexibility index (Phi) is 5.76. The fourth-order valence-corrected chi connectivity index (χ4v) is 3.92. The predicted molar refractivity (Wildman–Crippen MR) is 117 cm³/mol. The largest absolute Gasteiger partial charge is 0.493 e. The third kappa shape index (κ3) is 3.86. The first kappa shape index (κ1) is 21.3. The Morgan fingerprint density at radius 1 is 1.22 bits per heavy atom. The molecule has 1 aromatic heterocycles. The van der Waals surface area contributed by atoms with Crippen molar-refractivity contribution in [1.82, 2.24) is 14.9 Å². The van der Waals surface area contributed by atoms with Gasteiger partial charge in [-0.3, -0.25) is 24.3 Å². The van der Waals surface area contributed by atoms with E-state index in [0.717, 1.165) is 18.7 Å². The summed E-state index contributed by atoms with van der Waals surface area (Å²) < 4.78 is 12.0. The van der Waals surface area contributed by atoms with Crippen molar-refractivity contribution in [3.8, 4) is 11.5 Å². The zero-order valence-electron chi connectivity index (χ0n) is 17.7. The van der Waals surface area contributed by atoms with Crippen molar-refractivity contribution in [3.63, 3.8) is 0 Å². The fourth-order valence-electron chi connectivity index (χ4n) is 3.92. The molecule has 0 saturated carbocycles. The summed E-state index contributed by atoms with van der Waals surface area (Å²) in [5, 5.41) is 14.7. The Labute approximate surface area is 182 Å². The van der Waals surface area contributed by atoms with E-state index in [4.69, 9.17) is 9.47 Å². The van der Waals surface area contributed by atoms with E-state index < -0.39 is 4.92 Å². The van der Waals surface area contributed by atoms with Crippen LogP contribution in [-0.4, -0.2) is 41.1 Å². The molecule has 0 fully saturated rings. The SMILES string of the molecule is COc1cc(CCNC(=O)c2ccc3c(=O)n4c(nc3c2)CCC4)c([N+](=O)[O-])cc1OC. The summed E-state index contributed by atoms with van der Waals surface area (Å²) in [7, 11) is 2.85. The molecular formula is C22H22N4O6. The Bertz CT molecular complexity index is 1280. The molecular weight excluding hydrogens is 416 g/mol. The van der Waals surface area contributed by atoms with Crippen molar-refractivity contribution in [3.05, 3.63) is 67.8 Å². The summed E-state index contributed by atoms with van der Waals surface area (Å²) in [6.45, 7) is 0.842. The van der Waals surface area contributed by atoms with Crippen LogP contribution < -0.4 is 20.3 Å². The summed E-state index contributed by atoms with van der Waals surface area (Å²) in [5.74, 6) is 1.02. The van der Waals surface area contributed by atoms with Crippen molar-refractivity contribution in [1.29, 1.82) is 0 Å². The van der Waals surface area contributed by atoms with Crippen LogP contribution in [0.1, 0.15) is 28.2 Å². The number of methoxy groups -OCH3 is 2. The first-order chi connectivity index (χ1) is 15.4. The molecule has 10 nitrogen and oxygen atoms in total. The van der Waals surface area contributed by atoms with E-state index in [-0.39, 0.29) is 35.9 Å². The number of nitrogens with zero attached hydrogens (tertiary/aromatic N) is 3. The van der Waals surface area contributed by atoms with Gasteiger partial charge in [0, 0.05) is 30.6 Å². The number of aryl methyl sites for hydroxylation is 1. The lowest BCUT2D eigenvalue weighted by molar-refractivity contribution is -0.385. The molecule has 0 bridgehead atoms.